The molecule has 0 saturated carbocycles. The Kier molecular flexibility index (Phi) is 9.07. The monoisotopic (exact) mass is 345 g/mol. The molecule has 1 atom stereocenters. The van der Waals surface area contributed by atoms with Crippen LogP contribution in [0.15, 0.2) is 22.7 Å². The zero-order valence-corrected chi connectivity index (χ0v) is 14.0. The summed E-state index contributed by atoms with van der Waals surface area (Å²) in [6.45, 7) is 6.72. The van der Waals surface area contributed by atoms with Gasteiger partial charge in [-0.3, -0.25) is 0 Å². The maximum Gasteiger partial charge on any atom is 0.137 e. The smallest absolute Gasteiger partial charge is 0.137 e. The Morgan fingerprint density at radius 2 is 2.15 bits per heavy atom. The van der Waals surface area contributed by atoms with E-state index in [1.54, 1.807) is 6.07 Å². The first-order valence-electron chi connectivity index (χ1n) is 7.43. The third kappa shape index (κ3) is 6.33. The average molecular weight is 346 g/mol. The molecule has 1 unspecified atom stereocenters. The lowest BCUT2D eigenvalue weighted by Crippen LogP contribution is -2.32. The third-order valence-corrected chi connectivity index (χ3v) is 4.11. The highest BCUT2D eigenvalue weighted by atomic mass is 79.9. The van der Waals surface area contributed by atoms with Gasteiger partial charge >= 0.3 is 0 Å². The van der Waals surface area contributed by atoms with Crippen LogP contribution in [-0.4, -0.2) is 25.8 Å². The van der Waals surface area contributed by atoms with E-state index in [1.807, 2.05) is 13.0 Å². The molecule has 0 aliphatic rings. The maximum atomic E-state index is 13.5. The van der Waals surface area contributed by atoms with Gasteiger partial charge in [-0.25, -0.2) is 4.39 Å². The predicted octanol–water partition coefficient (Wildman–Crippen LogP) is 4.32. The van der Waals surface area contributed by atoms with E-state index in [-0.39, 0.29) is 5.82 Å². The fourth-order valence-electron chi connectivity index (χ4n) is 2.17. The van der Waals surface area contributed by atoms with Gasteiger partial charge in [0.15, 0.2) is 0 Å². The van der Waals surface area contributed by atoms with Gasteiger partial charge in [0, 0.05) is 19.3 Å². The molecule has 0 heterocycles. The van der Waals surface area contributed by atoms with E-state index in [9.17, 15) is 4.39 Å². The standard InChI is InChI=1S/C16H25BrFNO/c1-3-10-19-14(8-6-11-20-4-2)12-13-7-5-9-15(18)16(13)17/h5,7,9,14,19H,3-4,6,8,10-12H2,1-2H3. The van der Waals surface area contributed by atoms with E-state index in [0.29, 0.717) is 10.5 Å². The molecule has 1 aromatic rings. The van der Waals surface area contributed by atoms with Crippen molar-refractivity contribution in [3.8, 4) is 0 Å². The van der Waals surface area contributed by atoms with Crippen molar-refractivity contribution in [2.24, 2.45) is 0 Å². The maximum absolute atomic E-state index is 13.5. The van der Waals surface area contributed by atoms with Crippen LogP contribution in [-0.2, 0) is 11.2 Å². The number of halogens is 2. The van der Waals surface area contributed by atoms with Crippen molar-refractivity contribution < 1.29 is 9.13 Å². The van der Waals surface area contributed by atoms with Crippen LogP contribution in [0.3, 0.4) is 0 Å². The summed E-state index contributed by atoms with van der Waals surface area (Å²) in [6.07, 6.45) is 4.02. The van der Waals surface area contributed by atoms with Crippen LogP contribution in [0, 0.1) is 5.82 Å². The summed E-state index contributed by atoms with van der Waals surface area (Å²) in [4.78, 5) is 0. The SMILES string of the molecule is CCCNC(CCCOCC)Cc1cccc(F)c1Br. The molecule has 20 heavy (non-hydrogen) atoms. The second-order valence-corrected chi connectivity index (χ2v) is 5.70. The lowest BCUT2D eigenvalue weighted by Gasteiger charge is -2.19. The molecule has 0 aromatic heterocycles. The number of hydrogen-bond donors (Lipinski definition) is 1. The van der Waals surface area contributed by atoms with Crippen LogP contribution in [0.25, 0.3) is 0 Å². The summed E-state index contributed by atoms with van der Waals surface area (Å²) < 4.78 is 19.5. The molecule has 0 bridgehead atoms. The van der Waals surface area contributed by atoms with Gasteiger partial charge in [0.2, 0.25) is 0 Å². The summed E-state index contributed by atoms with van der Waals surface area (Å²) in [5, 5.41) is 3.54. The molecule has 114 valence electrons. The Hall–Kier alpha value is -0.450. The highest BCUT2D eigenvalue weighted by molar-refractivity contribution is 9.10. The second kappa shape index (κ2) is 10.3. The van der Waals surface area contributed by atoms with Crippen LogP contribution in [0.5, 0.6) is 0 Å². The fourth-order valence-corrected chi connectivity index (χ4v) is 2.60. The van der Waals surface area contributed by atoms with Gasteiger partial charge in [0.25, 0.3) is 0 Å². The van der Waals surface area contributed by atoms with Crippen molar-refractivity contribution in [1.82, 2.24) is 5.32 Å². The molecule has 2 nitrogen and oxygen atoms in total. The lowest BCUT2D eigenvalue weighted by atomic mass is 10.0. The first-order valence-corrected chi connectivity index (χ1v) is 8.22. The Balaban J connectivity index is 2.56. The Bertz CT molecular complexity index is 387. The molecule has 0 radical (unpaired) electrons. The van der Waals surface area contributed by atoms with Gasteiger partial charge < -0.3 is 10.1 Å². The molecular weight excluding hydrogens is 321 g/mol. The molecule has 0 fully saturated rings. The molecule has 4 heteroatoms. The van der Waals surface area contributed by atoms with Crippen molar-refractivity contribution in [3.63, 3.8) is 0 Å². The van der Waals surface area contributed by atoms with Crippen LogP contribution in [0.4, 0.5) is 4.39 Å². The number of benzene rings is 1. The molecular formula is C16H25BrFNO. The number of ether oxygens (including phenoxy) is 1. The summed E-state index contributed by atoms with van der Waals surface area (Å²) in [5.41, 5.74) is 1.02. The van der Waals surface area contributed by atoms with E-state index >= 15 is 0 Å². The molecule has 1 N–H and O–H groups in total. The lowest BCUT2D eigenvalue weighted by molar-refractivity contribution is 0.140. The minimum atomic E-state index is -0.189. The molecule has 0 aliphatic carbocycles. The van der Waals surface area contributed by atoms with Crippen LogP contribution in [0.1, 0.15) is 38.7 Å². The summed E-state index contributed by atoms with van der Waals surface area (Å²) in [5.74, 6) is -0.189. The first-order chi connectivity index (χ1) is 9.69. The summed E-state index contributed by atoms with van der Waals surface area (Å²) in [7, 11) is 0. The second-order valence-electron chi connectivity index (χ2n) is 4.91. The van der Waals surface area contributed by atoms with Crippen molar-refractivity contribution in [1.29, 1.82) is 0 Å². The quantitative estimate of drug-likeness (QED) is 0.637. The van der Waals surface area contributed by atoms with Crippen molar-refractivity contribution in [2.75, 3.05) is 19.8 Å². The van der Waals surface area contributed by atoms with Crippen molar-refractivity contribution in [3.05, 3.63) is 34.1 Å². The molecule has 1 rings (SSSR count). The van der Waals surface area contributed by atoms with Gasteiger partial charge in [-0.15, -0.1) is 0 Å². The van der Waals surface area contributed by atoms with E-state index < -0.39 is 0 Å². The highest BCUT2D eigenvalue weighted by Gasteiger charge is 2.12. The molecule has 0 aliphatic heterocycles. The van der Waals surface area contributed by atoms with Crippen molar-refractivity contribution >= 4 is 15.9 Å². The normalized spacial score (nSPS) is 12.6. The molecule has 0 saturated heterocycles. The van der Waals surface area contributed by atoms with E-state index in [4.69, 9.17) is 4.74 Å². The number of hydrogen-bond acceptors (Lipinski definition) is 2. The largest absolute Gasteiger partial charge is 0.382 e. The van der Waals surface area contributed by atoms with Crippen LogP contribution >= 0.6 is 15.9 Å². The van der Waals surface area contributed by atoms with Gasteiger partial charge in [-0.05, 0) is 66.7 Å². The summed E-state index contributed by atoms with van der Waals surface area (Å²) >= 11 is 3.34. The Labute approximate surface area is 130 Å². The zero-order chi connectivity index (χ0) is 14.8. The Morgan fingerprint density at radius 3 is 2.85 bits per heavy atom. The third-order valence-electron chi connectivity index (χ3n) is 3.23. The average Bonchev–Trinajstić information content (AvgIpc) is 2.45. The first kappa shape index (κ1) is 17.6. The highest BCUT2D eigenvalue weighted by Crippen LogP contribution is 2.22. The van der Waals surface area contributed by atoms with E-state index in [0.717, 1.165) is 51.0 Å². The zero-order valence-electron chi connectivity index (χ0n) is 12.4. The molecule has 1 aromatic carbocycles. The summed E-state index contributed by atoms with van der Waals surface area (Å²) in [6, 6.07) is 5.61. The van der Waals surface area contributed by atoms with E-state index in [2.05, 4.69) is 28.2 Å². The minimum absolute atomic E-state index is 0.189. The van der Waals surface area contributed by atoms with Crippen LogP contribution in [0.2, 0.25) is 0 Å². The van der Waals surface area contributed by atoms with Gasteiger partial charge in [0.05, 0.1) is 4.47 Å². The Morgan fingerprint density at radius 1 is 1.35 bits per heavy atom. The minimum Gasteiger partial charge on any atom is -0.382 e. The van der Waals surface area contributed by atoms with Crippen LogP contribution < -0.4 is 5.32 Å². The van der Waals surface area contributed by atoms with Crippen molar-refractivity contribution in [2.45, 2.75) is 45.6 Å². The van der Waals surface area contributed by atoms with E-state index in [1.165, 1.54) is 6.07 Å². The molecule has 0 amide bonds. The van der Waals surface area contributed by atoms with Gasteiger partial charge in [-0.1, -0.05) is 19.1 Å². The topological polar surface area (TPSA) is 21.3 Å². The predicted molar refractivity (Wildman–Crippen MR) is 85.6 cm³/mol. The van der Waals surface area contributed by atoms with Gasteiger partial charge in [-0.2, -0.15) is 0 Å². The number of nitrogens with one attached hydrogen (secondary N) is 1. The fraction of sp³-hybridized carbons (Fsp3) is 0.625. The molecule has 0 spiro atoms. The van der Waals surface area contributed by atoms with Gasteiger partial charge in [0.1, 0.15) is 5.82 Å². The number of rotatable bonds is 10.